The highest BCUT2D eigenvalue weighted by atomic mass is 16.6. The maximum Gasteiger partial charge on any atom is 0.338 e. The fourth-order valence-electron chi connectivity index (χ4n) is 5.27. The summed E-state index contributed by atoms with van der Waals surface area (Å²) in [7, 11) is 0. The van der Waals surface area contributed by atoms with Gasteiger partial charge in [0, 0.05) is 11.8 Å². The number of ether oxygens (including phenoxy) is 2. The minimum atomic E-state index is -0.507. The standard InChI is InChI=1S/C28H26O4/c1-17(2)20-14-9-15-21-22-16-23(24(20)21)26(32-28(30)19-12-7-4-8-13-19)25(22)31-27(29)18-10-5-3-6-11-18/h3-15,17,22-23,25-26H,16H2,1-2H3/t22?,23?,25-,26+/m0/s1. The highest BCUT2D eigenvalue weighted by molar-refractivity contribution is 5.90. The maximum atomic E-state index is 12.9. The van der Waals surface area contributed by atoms with Crippen molar-refractivity contribution in [1.29, 1.82) is 0 Å². The van der Waals surface area contributed by atoms with E-state index in [0.717, 1.165) is 6.42 Å². The van der Waals surface area contributed by atoms with Gasteiger partial charge in [-0.25, -0.2) is 9.59 Å². The van der Waals surface area contributed by atoms with Gasteiger partial charge in [-0.15, -0.1) is 0 Å². The van der Waals surface area contributed by atoms with Gasteiger partial charge in [-0.1, -0.05) is 68.4 Å². The second-order valence-corrected chi connectivity index (χ2v) is 8.93. The van der Waals surface area contributed by atoms with Gasteiger partial charge in [-0.3, -0.25) is 0 Å². The van der Waals surface area contributed by atoms with Crippen LogP contribution in [0.2, 0.25) is 0 Å². The Hall–Kier alpha value is -3.40. The summed E-state index contributed by atoms with van der Waals surface area (Å²) in [5.41, 5.74) is 4.77. The first-order chi connectivity index (χ1) is 15.5. The van der Waals surface area contributed by atoms with Gasteiger partial charge >= 0.3 is 11.9 Å². The van der Waals surface area contributed by atoms with Crippen LogP contribution in [0.5, 0.6) is 0 Å². The molecule has 4 atom stereocenters. The summed E-state index contributed by atoms with van der Waals surface area (Å²) in [4.78, 5) is 25.8. The summed E-state index contributed by atoms with van der Waals surface area (Å²) in [5.74, 6) is -0.358. The number of hydrogen-bond donors (Lipinski definition) is 0. The molecule has 4 heteroatoms. The summed E-state index contributed by atoms with van der Waals surface area (Å²) in [5, 5.41) is 0. The molecule has 0 heterocycles. The van der Waals surface area contributed by atoms with Gasteiger partial charge in [0.25, 0.3) is 0 Å². The number of carbonyl (C=O) groups excluding carboxylic acids is 2. The second kappa shape index (κ2) is 8.27. The molecule has 2 aliphatic rings. The van der Waals surface area contributed by atoms with Crippen molar-refractivity contribution < 1.29 is 19.1 Å². The molecule has 2 aliphatic carbocycles. The zero-order valence-corrected chi connectivity index (χ0v) is 18.2. The van der Waals surface area contributed by atoms with E-state index in [1.54, 1.807) is 24.3 Å². The molecule has 0 spiro atoms. The molecule has 0 radical (unpaired) electrons. The quantitative estimate of drug-likeness (QED) is 0.481. The van der Waals surface area contributed by atoms with Crippen molar-refractivity contribution in [1.82, 2.24) is 0 Å². The van der Waals surface area contributed by atoms with Gasteiger partial charge in [0.05, 0.1) is 11.1 Å². The molecule has 3 aromatic rings. The predicted octanol–water partition coefficient (Wildman–Crippen LogP) is 5.85. The lowest BCUT2D eigenvalue weighted by Gasteiger charge is -2.33. The molecule has 32 heavy (non-hydrogen) atoms. The molecule has 2 bridgehead atoms. The highest BCUT2D eigenvalue weighted by Gasteiger charge is 2.55. The van der Waals surface area contributed by atoms with Crippen LogP contribution in [-0.4, -0.2) is 24.1 Å². The Labute approximate surface area is 188 Å². The number of rotatable bonds is 5. The van der Waals surface area contributed by atoms with Crippen molar-refractivity contribution in [3.8, 4) is 0 Å². The largest absolute Gasteiger partial charge is 0.454 e. The van der Waals surface area contributed by atoms with Crippen molar-refractivity contribution in [2.45, 2.75) is 50.2 Å². The van der Waals surface area contributed by atoms with E-state index in [2.05, 4.69) is 32.0 Å². The predicted molar refractivity (Wildman–Crippen MR) is 122 cm³/mol. The maximum absolute atomic E-state index is 12.9. The Kier molecular flexibility index (Phi) is 5.30. The molecule has 2 unspecified atom stereocenters. The minimum Gasteiger partial charge on any atom is -0.454 e. The summed E-state index contributed by atoms with van der Waals surface area (Å²) >= 11 is 0. The normalized spacial score (nSPS) is 23.1. The average molecular weight is 427 g/mol. The molecule has 162 valence electrons. The molecule has 0 N–H and O–H groups in total. The topological polar surface area (TPSA) is 52.6 Å². The molecule has 3 aromatic carbocycles. The Balaban J connectivity index is 1.50. The first-order valence-electron chi connectivity index (χ1n) is 11.2. The van der Waals surface area contributed by atoms with E-state index in [-0.39, 0.29) is 23.8 Å². The van der Waals surface area contributed by atoms with Gasteiger partial charge in [0.15, 0.2) is 0 Å². The summed E-state index contributed by atoms with van der Waals surface area (Å²) in [6.45, 7) is 4.36. The lowest BCUT2D eigenvalue weighted by Crippen LogP contribution is -2.39. The van der Waals surface area contributed by atoms with E-state index in [0.29, 0.717) is 17.0 Å². The van der Waals surface area contributed by atoms with E-state index < -0.39 is 12.2 Å². The number of benzene rings is 3. The van der Waals surface area contributed by atoms with Gasteiger partial charge in [0.2, 0.25) is 0 Å². The van der Waals surface area contributed by atoms with Crippen molar-refractivity contribution in [3.05, 3.63) is 107 Å². The van der Waals surface area contributed by atoms with Crippen LogP contribution in [0, 0.1) is 0 Å². The first-order valence-corrected chi connectivity index (χ1v) is 11.2. The van der Waals surface area contributed by atoms with E-state index in [9.17, 15) is 9.59 Å². The third-order valence-electron chi connectivity index (χ3n) is 6.70. The molecule has 1 fully saturated rings. The van der Waals surface area contributed by atoms with Gasteiger partial charge in [-0.2, -0.15) is 0 Å². The first kappa shape index (κ1) is 20.5. The molecule has 0 amide bonds. The molecule has 0 aliphatic heterocycles. The molecule has 0 aromatic heterocycles. The average Bonchev–Trinajstić information content (AvgIpc) is 3.37. The van der Waals surface area contributed by atoms with Gasteiger partial charge < -0.3 is 9.47 Å². The molecule has 4 nitrogen and oxygen atoms in total. The Morgan fingerprint density at radius 2 is 1.25 bits per heavy atom. The van der Waals surface area contributed by atoms with E-state index >= 15 is 0 Å². The zero-order chi connectivity index (χ0) is 22.2. The van der Waals surface area contributed by atoms with Gasteiger partial charge in [-0.05, 0) is 53.3 Å². The van der Waals surface area contributed by atoms with Crippen molar-refractivity contribution >= 4 is 11.9 Å². The smallest absolute Gasteiger partial charge is 0.338 e. The number of fused-ring (bicyclic) bond motifs is 5. The van der Waals surface area contributed by atoms with Crippen LogP contribution in [0.3, 0.4) is 0 Å². The lowest BCUT2D eigenvalue weighted by atomic mass is 9.82. The Morgan fingerprint density at radius 1 is 0.719 bits per heavy atom. The summed E-state index contributed by atoms with van der Waals surface area (Å²) in [6, 6.07) is 24.3. The van der Waals surface area contributed by atoms with Crippen molar-refractivity contribution in [2.75, 3.05) is 0 Å². The summed E-state index contributed by atoms with van der Waals surface area (Å²) < 4.78 is 12.1. The highest BCUT2D eigenvalue weighted by Crippen LogP contribution is 2.57. The minimum absolute atomic E-state index is 0.0230. The fourth-order valence-corrected chi connectivity index (χ4v) is 5.27. The van der Waals surface area contributed by atoms with Crippen LogP contribution in [-0.2, 0) is 9.47 Å². The SMILES string of the molecule is CC(C)c1cccc2c1C1CC2[C@H](OC(=O)c2ccccc2)[C@@H]1OC(=O)c1ccccc1. The van der Waals surface area contributed by atoms with Crippen LogP contribution in [0.4, 0.5) is 0 Å². The van der Waals surface area contributed by atoms with Crippen LogP contribution < -0.4 is 0 Å². The van der Waals surface area contributed by atoms with Gasteiger partial charge in [0.1, 0.15) is 12.2 Å². The zero-order valence-electron chi connectivity index (χ0n) is 18.2. The Bertz CT molecular complexity index is 1140. The third-order valence-corrected chi connectivity index (χ3v) is 6.70. The van der Waals surface area contributed by atoms with Crippen LogP contribution in [0.1, 0.15) is 75.4 Å². The number of hydrogen-bond acceptors (Lipinski definition) is 4. The van der Waals surface area contributed by atoms with Crippen molar-refractivity contribution in [2.24, 2.45) is 0 Å². The second-order valence-electron chi connectivity index (χ2n) is 8.93. The third kappa shape index (κ3) is 3.50. The number of carbonyl (C=O) groups is 2. The van der Waals surface area contributed by atoms with Crippen molar-refractivity contribution in [3.63, 3.8) is 0 Å². The lowest BCUT2D eigenvalue weighted by molar-refractivity contribution is -0.0349. The monoisotopic (exact) mass is 426 g/mol. The summed E-state index contributed by atoms with van der Waals surface area (Å²) in [6.07, 6.45) is -0.193. The van der Waals surface area contributed by atoms with Crippen LogP contribution in [0.15, 0.2) is 78.9 Å². The molecule has 1 saturated carbocycles. The number of esters is 2. The Morgan fingerprint density at radius 3 is 1.78 bits per heavy atom. The molecule has 0 saturated heterocycles. The van der Waals surface area contributed by atoms with E-state index in [4.69, 9.17) is 9.47 Å². The van der Waals surface area contributed by atoms with E-state index in [1.165, 1.54) is 16.7 Å². The fraction of sp³-hybridized carbons (Fsp3) is 0.286. The molecular weight excluding hydrogens is 400 g/mol. The van der Waals surface area contributed by atoms with Crippen LogP contribution in [0.25, 0.3) is 0 Å². The van der Waals surface area contributed by atoms with E-state index in [1.807, 2.05) is 36.4 Å². The molecular formula is C28H26O4. The van der Waals surface area contributed by atoms with Crippen LogP contribution >= 0.6 is 0 Å². The molecule has 5 rings (SSSR count).